The first-order valence-corrected chi connectivity index (χ1v) is 5.72. The number of hydrogen-bond donors (Lipinski definition) is 0. The van der Waals surface area contributed by atoms with Crippen LogP contribution in [0.3, 0.4) is 0 Å². The minimum absolute atomic E-state index is 0.257. The monoisotopic (exact) mass is 270 g/mol. The molecule has 0 saturated heterocycles. The Morgan fingerprint density at radius 1 is 1.47 bits per heavy atom. The first kappa shape index (κ1) is 10.6. The lowest BCUT2D eigenvalue weighted by molar-refractivity contribution is -0.138. The molecule has 3 nitrogen and oxygen atoms in total. The highest BCUT2D eigenvalue weighted by Gasteiger charge is 2.36. The summed E-state index contributed by atoms with van der Waals surface area (Å²) < 4.78 is 10.7. The van der Waals surface area contributed by atoms with Crippen LogP contribution in [0, 0.1) is 0 Å². The van der Waals surface area contributed by atoms with E-state index < -0.39 is 4.83 Å². The van der Waals surface area contributed by atoms with Gasteiger partial charge in [-0.1, -0.05) is 34.1 Å². The Kier molecular flexibility index (Phi) is 3.07. The van der Waals surface area contributed by atoms with Gasteiger partial charge in [0.1, 0.15) is 16.7 Å². The number of alkyl halides is 1. The van der Waals surface area contributed by atoms with E-state index >= 15 is 0 Å². The van der Waals surface area contributed by atoms with Crippen molar-refractivity contribution in [3.8, 4) is 5.75 Å². The van der Waals surface area contributed by atoms with E-state index in [0.717, 1.165) is 5.56 Å². The van der Waals surface area contributed by atoms with Crippen molar-refractivity contribution >= 4 is 21.9 Å². The number of esters is 1. The number of hydrogen-bond acceptors (Lipinski definition) is 3. The van der Waals surface area contributed by atoms with Crippen LogP contribution in [0.4, 0.5) is 0 Å². The smallest absolute Gasteiger partial charge is 0.328 e. The number of halogens is 1. The molecule has 80 valence electrons. The number of rotatable bonds is 2. The zero-order valence-corrected chi connectivity index (χ0v) is 9.86. The van der Waals surface area contributed by atoms with Crippen molar-refractivity contribution in [2.24, 2.45) is 0 Å². The largest absolute Gasteiger partial charge is 0.425 e. The molecule has 15 heavy (non-hydrogen) atoms. The van der Waals surface area contributed by atoms with Crippen LogP contribution >= 0.6 is 15.9 Å². The maximum atomic E-state index is 11.5. The molecule has 1 heterocycles. The third-order valence-electron chi connectivity index (χ3n) is 2.27. The maximum absolute atomic E-state index is 11.5. The average Bonchev–Trinajstić information content (AvgIpc) is 2.25. The topological polar surface area (TPSA) is 35.5 Å². The molecule has 2 atom stereocenters. The van der Waals surface area contributed by atoms with Gasteiger partial charge in [0.15, 0.2) is 0 Å². The molecule has 1 aromatic carbocycles. The quantitative estimate of drug-likeness (QED) is 0.471. The van der Waals surface area contributed by atoms with Gasteiger partial charge in [0, 0.05) is 12.2 Å². The van der Waals surface area contributed by atoms with Gasteiger partial charge in [-0.2, -0.15) is 0 Å². The van der Waals surface area contributed by atoms with Gasteiger partial charge in [0.25, 0.3) is 0 Å². The van der Waals surface area contributed by atoms with E-state index in [0.29, 0.717) is 12.4 Å². The molecule has 0 aliphatic carbocycles. The van der Waals surface area contributed by atoms with Gasteiger partial charge in [-0.3, -0.25) is 4.79 Å². The molecule has 0 bridgehead atoms. The van der Waals surface area contributed by atoms with Crippen molar-refractivity contribution in [3.05, 3.63) is 29.8 Å². The van der Waals surface area contributed by atoms with Crippen molar-refractivity contribution in [2.75, 3.05) is 6.61 Å². The van der Waals surface area contributed by atoms with Gasteiger partial charge >= 0.3 is 5.97 Å². The normalized spacial score (nSPS) is 24.5. The van der Waals surface area contributed by atoms with Gasteiger partial charge < -0.3 is 9.47 Å². The van der Waals surface area contributed by atoms with E-state index in [1.165, 1.54) is 0 Å². The third kappa shape index (κ3) is 1.92. The molecule has 1 aromatic rings. The molecule has 1 aliphatic rings. The van der Waals surface area contributed by atoms with Crippen molar-refractivity contribution in [2.45, 2.75) is 17.9 Å². The second kappa shape index (κ2) is 4.33. The van der Waals surface area contributed by atoms with E-state index in [1.54, 1.807) is 6.07 Å². The molecule has 4 heteroatoms. The van der Waals surface area contributed by atoms with Crippen LogP contribution in [0.1, 0.15) is 18.6 Å². The number of fused-ring (bicyclic) bond motifs is 1. The van der Waals surface area contributed by atoms with E-state index in [9.17, 15) is 4.79 Å². The van der Waals surface area contributed by atoms with Gasteiger partial charge in [-0.25, -0.2) is 0 Å². The summed E-state index contributed by atoms with van der Waals surface area (Å²) in [5.74, 6) is 0.295. The summed E-state index contributed by atoms with van der Waals surface area (Å²) in [6.45, 7) is 2.47. The van der Waals surface area contributed by atoms with Crippen LogP contribution in [0.5, 0.6) is 5.75 Å². The van der Waals surface area contributed by atoms with Crippen LogP contribution in [-0.4, -0.2) is 17.4 Å². The first-order valence-electron chi connectivity index (χ1n) is 4.80. The summed E-state index contributed by atoms with van der Waals surface area (Å²) in [5, 5.41) is 0. The Hall–Kier alpha value is -0.870. The second-order valence-electron chi connectivity index (χ2n) is 3.24. The summed E-state index contributed by atoms with van der Waals surface area (Å²) in [7, 11) is 0. The lowest BCUT2D eigenvalue weighted by atomic mass is 10.0. The predicted octanol–water partition coefficient (Wildman–Crippen LogP) is 2.45. The van der Waals surface area contributed by atoms with Gasteiger partial charge in [0.2, 0.25) is 0 Å². The van der Waals surface area contributed by atoms with Crippen LogP contribution in [0.2, 0.25) is 0 Å². The minimum atomic E-state index is -0.424. The lowest BCUT2D eigenvalue weighted by Crippen LogP contribution is -2.33. The van der Waals surface area contributed by atoms with Crippen molar-refractivity contribution in [1.82, 2.24) is 0 Å². The molecule has 0 fully saturated rings. The molecular weight excluding hydrogens is 260 g/mol. The number of ether oxygens (including phenoxy) is 2. The zero-order chi connectivity index (χ0) is 10.8. The average molecular weight is 271 g/mol. The van der Waals surface area contributed by atoms with Crippen molar-refractivity contribution in [1.29, 1.82) is 0 Å². The SMILES string of the molecule is CCOC1c2ccccc2OC(=O)C1Br. The Labute approximate surface area is 96.5 Å². The second-order valence-corrected chi connectivity index (χ2v) is 4.22. The van der Waals surface area contributed by atoms with Crippen LogP contribution in [-0.2, 0) is 9.53 Å². The highest BCUT2D eigenvalue weighted by atomic mass is 79.9. The fourth-order valence-corrected chi connectivity index (χ4v) is 2.14. The summed E-state index contributed by atoms with van der Waals surface area (Å²) in [6.07, 6.45) is -0.257. The molecule has 0 aromatic heterocycles. The number of benzene rings is 1. The summed E-state index contributed by atoms with van der Waals surface area (Å²) in [5.41, 5.74) is 0.917. The summed E-state index contributed by atoms with van der Waals surface area (Å²) in [6, 6.07) is 7.43. The molecular formula is C11H11BrO3. The summed E-state index contributed by atoms with van der Waals surface area (Å²) >= 11 is 3.29. The Balaban J connectivity index is 2.40. The third-order valence-corrected chi connectivity index (χ3v) is 3.13. The highest BCUT2D eigenvalue weighted by Crippen LogP contribution is 2.37. The van der Waals surface area contributed by atoms with E-state index in [4.69, 9.17) is 9.47 Å². The maximum Gasteiger partial charge on any atom is 0.328 e. The number of para-hydroxylation sites is 1. The van der Waals surface area contributed by atoms with E-state index in [-0.39, 0.29) is 12.1 Å². The first-order chi connectivity index (χ1) is 7.24. The molecule has 1 aliphatic heterocycles. The molecule has 0 spiro atoms. The summed E-state index contributed by atoms with van der Waals surface area (Å²) in [4.78, 5) is 11.1. The predicted molar refractivity (Wildman–Crippen MR) is 59.2 cm³/mol. The zero-order valence-electron chi connectivity index (χ0n) is 8.27. The molecule has 0 amide bonds. The van der Waals surface area contributed by atoms with Gasteiger partial charge in [0.05, 0.1) is 0 Å². The standard InChI is InChI=1S/C11H11BrO3/c1-2-14-10-7-5-3-4-6-8(7)15-11(13)9(10)12/h3-6,9-10H,2H2,1H3. The highest BCUT2D eigenvalue weighted by molar-refractivity contribution is 9.10. The Morgan fingerprint density at radius 3 is 2.93 bits per heavy atom. The minimum Gasteiger partial charge on any atom is -0.425 e. The molecule has 0 radical (unpaired) electrons. The molecule has 0 saturated carbocycles. The fraction of sp³-hybridized carbons (Fsp3) is 0.364. The van der Waals surface area contributed by atoms with Gasteiger partial charge in [-0.05, 0) is 13.0 Å². The van der Waals surface area contributed by atoms with Crippen LogP contribution in [0.15, 0.2) is 24.3 Å². The van der Waals surface area contributed by atoms with E-state index in [1.807, 2.05) is 25.1 Å². The molecule has 0 N–H and O–H groups in total. The lowest BCUT2D eigenvalue weighted by Gasteiger charge is -2.28. The fourth-order valence-electron chi connectivity index (χ4n) is 1.61. The van der Waals surface area contributed by atoms with Crippen LogP contribution in [0.25, 0.3) is 0 Å². The van der Waals surface area contributed by atoms with Crippen LogP contribution < -0.4 is 4.74 Å². The molecule has 2 rings (SSSR count). The Morgan fingerprint density at radius 2 is 2.20 bits per heavy atom. The van der Waals surface area contributed by atoms with Crippen molar-refractivity contribution in [3.63, 3.8) is 0 Å². The van der Waals surface area contributed by atoms with Crippen molar-refractivity contribution < 1.29 is 14.3 Å². The number of carbonyl (C=O) groups is 1. The molecule has 2 unspecified atom stereocenters. The van der Waals surface area contributed by atoms with Gasteiger partial charge in [-0.15, -0.1) is 0 Å². The van der Waals surface area contributed by atoms with E-state index in [2.05, 4.69) is 15.9 Å². The number of carbonyl (C=O) groups excluding carboxylic acids is 1. The Bertz CT molecular complexity index is 378.